The summed E-state index contributed by atoms with van der Waals surface area (Å²) >= 11 is 0. The Balaban J connectivity index is 2.42. The Bertz CT molecular complexity index is 611. The highest BCUT2D eigenvalue weighted by Gasteiger charge is 2.20. The second-order valence-electron chi connectivity index (χ2n) is 5.03. The summed E-state index contributed by atoms with van der Waals surface area (Å²) in [5, 5.41) is 0.164. The minimum absolute atomic E-state index is 0.101. The van der Waals surface area contributed by atoms with Crippen molar-refractivity contribution in [1.82, 2.24) is 4.98 Å². The number of H-pyrrole nitrogens is 1. The highest BCUT2D eigenvalue weighted by atomic mass is 19.1. The Morgan fingerprint density at radius 3 is 2.50 bits per heavy atom. The second-order valence-corrected chi connectivity index (χ2v) is 5.03. The van der Waals surface area contributed by atoms with E-state index in [-0.39, 0.29) is 16.6 Å². The molecule has 1 aromatic carbocycles. The van der Waals surface area contributed by atoms with Crippen LogP contribution in [0.5, 0.6) is 0 Å². The maximum Gasteiger partial charge on any atom is 0.355 e. The van der Waals surface area contributed by atoms with Crippen LogP contribution in [0.15, 0.2) is 18.2 Å². The first-order valence-electron chi connectivity index (χ1n) is 5.47. The van der Waals surface area contributed by atoms with Gasteiger partial charge >= 0.3 is 5.97 Å². The van der Waals surface area contributed by atoms with Crippen molar-refractivity contribution in [3.8, 4) is 0 Å². The number of nitrogens with one attached hydrogen (secondary N) is 1. The molecule has 5 heteroatoms. The number of aromatic amines is 1. The van der Waals surface area contributed by atoms with Gasteiger partial charge in [-0.15, -0.1) is 0 Å². The van der Waals surface area contributed by atoms with Gasteiger partial charge in [0.15, 0.2) is 0 Å². The zero-order chi connectivity index (χ0) is 13.5. The summed E-state index contributed by atoms with van der Waals surface area (Å²) in [6, 6.07) is 3.22. The average Bonchev–Trinajstić information content (AvgIpc) is 2.58. The van der Waals surface area contributed by atoms with Gasteiger partial charge in [0.05, 0.1) is 5.52 Å². The fourth-order valence-corrected chi connectivity index (χ4v) is 1.60. The molecule has 0 unspecified atom stereocenters. The molecular formula is C13H13F2NO2. The van der Waals surface area contributed by atoms with Gasteiger partial charge in [0.2, 0.25) is 0 Å². The van der Waals surface area contributed by atoms with Crippen molar-refractivity contribution in [2.45, 2.75) is 26.4 Å². The number of rotatable bonds is 1. The van der Waals surface area contributed by atoms with Crippen LogP contribution in [-0.4, -0.2) is 16.6 Å². The second kappa shape index (κ2) is 4.08. The van der Waals surface area contributed by atoms with Crippen molar-refractivity contribution in [3.05, 3.63) is 35.5 Å². The Morgan fingerprint density at radius 2 is 1.89 bits per heavy atom. The summed E-state index contributed by atoms with van der Waals surface area (Å²) in [5.41, 5.74) is -0.309. The first kappa shape index (κ1) is 12.5. The Labute approximate surface area is 103 Å². The van der Waals surface area contributed by atoms with E-state index in [4.69, 9.17) is 4.74 Å². The normalized spacial score (nSPS) is 11.8. The lowest BCUT2D eigenvalue weighted by atomic mass is 10.2. The van der Waals surface area contributed by atoms with Gasteiger partial charge in [-0.2, -0.15) is 0 Å². The molecule has 0 radical (unpaired) electrons. The molecule has 0 aliphatic rings. The lowest BCUT2D eigenvalue weighted by Crippen LogP contribution is -2.24. The summed E-state index contributed by atoms with van der Waals surface area (Å²) < 4.78 is 31.6. The van der Waals surface area contributed by atoms with Crippen LogP contribution in [0.2, 0.25) is 0 Å². The van der Waals surface area contributed by atoms with Crippen LogP contribution >= 0.6 is 0 Å². The van der Waals surface area contributed by atoms with Crippen LogP contribution in [0, 0.1) is 11.6 Å². The molecule has 18 heavy (non-hydrogen) atoms. The van der Waals surface area contributed by atoms with E-state index in [2.05, 4.69) is 4.98 Å². The topological polar surface area (TPSA) is 42.1 Å². The van der Waals surface area contributed by atoms with Crippen molar-refractivity contribution >= 4 is 16.9 Å². The number of carbonyl (C=O) groups excluding carboxylic acids is 1. The molecule has 1 aromatic heterocycles. The highest BCUT2D eigenvalue weighted by Crippen LogP contribution is 2.22. The predicted octanol–water partition coefficient (Wildman–Crippen LogP) is 3.40. The number of esters is 1. The van der Waals surface area contributed by atoms with E-state index >= 15 is 0 Å². The van der Waals surface area contributed by atoms with Gasteiger partial charge in [-0.1, -0.05) is 0 Å². The van der Waals surface area contributed by atoms with E-state index in [1.54, 1.807) is 20.8 Å². The zero-order valence-electron chi connectivity index (χ0n) is 10.3. The van der Waals surface area contributed by atoms with Crippen molar-refractivity contribution in [1.29, 1.82) is 0 Å². The number of hydrogen-bond donors (Lipinski definition) is 1. The summed E-state index contributed by atoms with van der Waals surface area (Å²) in [4.78, 5) is 14.4. The van der Waals surface area contributed by atoms with Gasteiger partial charge in [-0.05, 0) is 32.9 Å². The third-order valence-electron chi connectivity index (χ3n) is 2.27. The predicted molar refractivity (Wildman–Crippen MR) is 63.4 cm³/mol. The quantitative estimate of drug-likeness (QED) is 0.791. The molecule has 0 fully saturated rings. The molecule has 2 rings (SSSR count). The van der Waals surface area contributed by atoms with Gasteiger partial charge < -0.3 is 9.72 Å². The molecule has 0 aliphatic heterocycles. The van der Waals surface area contributed by atoms with Crippen LogP contribution in [0.1, 0.15) is 31.3 Å². The number of aromatic nitrogens is 1. The SMILES string of the molecule is CC(C)(C)OC(=O)c1cc2c(F)cc(F)cc2[nH]1. The van der Waals surface area contributed by atoms with Crippen molar-refractivity contribution < 1.29 is 18.3 Å². The number of carbonyl (C=O) groups is 1. The largest absolute Gasteiger partial charge is 0.455 e. The summed E-state index contributed by atoms with van der Waals surface area (Å²) in [6.07, 6.45) is 0. The first-order chi connectivity index (χ1) is 8.26. The maximum absolute atomic E-state index is 13.4. The van der Waals surface area contributed by atoms with Crippen LogP contribution in [0.3, 0.4) is 0 Å². The van der Waals surface area contributed by atoms with Crippen LogP contribution < -0.4 is 0 Å². The van der Waals surface area contributed by atoms with Crippen LogP contribution in [0.25, 0.3) is 10.9 Å². The summed E-state index contributed by atoms with van der Waals surface area (Å²) in [7, 11) is 0. The lowest BCUT2D eigenvalue weighted by molar-refractivity contribution is 0.00639. The molecule has 0 spiro atoms. The van der Waals surface area contributed by atoms with E-state index in [1.165, 1.54) is 6.07 Å². The van der Waals surface area contributed by atoms with Crippen molar-refractivity contribution in [2.24, 2.45) is 0 Å². The molecule has 96 valence electrons. The number of hydrogen-bond acceptors (Lipinski definition) is 2. The molecular weight excluding hydrogens is 240 g/mol. The minimum Gasteiger partial charge on any atom is -0.455 e. The van der Waals surface area contributed by atoms with Gasteiger partial charge in [-0.3, -0.25) is 0 Å². The number of benzene rings is 1. The van der Waals surface area contributed by atoms with Gasteiger partial charge in [0, 0.05) is 11.5 Å². The smallest absolute Gasteiger partial charge is 0.355 e. The van der Waals surface area contributed by atoms with Crippen molar-refractivity contribution in [2.75, 3.05) is 0 Å². The third-order valence-corrected chi connectivity index (χ3v) is 2.27. The fourth-order valence-electron chi connectivity index (χ4n) is 1.60. The van der Waals surface area contributed by atoms with E-state index in [1.807, 2.05) is 0 Å². The molecule has 0 atom stereocenters. The molecule has 1 N–H and O–H groups in total. The average molecular weight is 253 g/mol. The lowest BCUT2D eigenvalue weighted by Gasteiger charge is -2.18. The zero-order valence-corrected chi connectivity index (χ0v) is 10.3. The van der Waals surface area contributed by atoms with Crippen LogP contribution in [0.4, 0.5) is 8.78 Å². The van der Waals surface area contributed by atoms with Gasteiger partial charge in [0.25, 0.3) is 0 Å². The number of fused-ring (bicyclic) bond motifs is 1. The van der Waals surface area contributed by atoms with E-state index < -0.39 is 23.2 Å². The molecule has 2 aromatic rings. The first-order valence-corrected chi connectivity index (χ1v) is 5.47. The molecule has 0 saturated carbocycles. The van der Waals surface area contributed by atoms with Crippen LogP contribution in [-0.2, 0) is 4.74 Å². The monoisotopic (exact) mass is 253 g/mol. The fraction of sp³-hybridized carbons (Fsp3) is 0.308. The molecule has 1 heterocycles. The summed E-state index contributed by atoms with van der Waals surface area (Å²) in [5.74, 6) is -2.01. The van der Waals surface area contributed by atoms with Gasteiger partial charge in [-0.25, -0.2) is 13.6 Å². The number of halogens is 2. The Morgan fingerprint density at radius 1 is 1.22 bits per heavy atom. The Hall–Kier alpha value is -1.91. The molecule has 0 amide bonds. The van der Waals surface area contributed by atoms with E-state index in [0.29, 0.717) is 0 Å². The molecule has 0 saturated heterocycles. The third kappa shape index (κ3) is 2.50. The number of ether oxygens (including phenoxy) is 1. The van der Waals surface area contributed by atoms with E-state index in [0.717, 1.165) is 12.1 Å². The molecule has 0 bridgehead atoms. The minimum atomic E-state index is -0.712. The molecule has 0 aliphatic carbocycles. The highest BCUT2D eigenvalue weighted by molar-refractivity contribution is 5.95. The van der Waals surface area contributed by atoms with Gasteiger partial charge in [0.1, 0.15) is 22.9 Å². The maximum atomic E-state index is 13.4. The van der Waals surface area contributed by atoms with E-state index in [9.17, 15) is 13.6 Å². The Kier molecular flexibility index (Phi) is 2.84. The summed E-state index contributed by atoms with van der Waals surface area (Å²) in [6.45, 7) is 5.19. The molecule has 3 nitrogen and oxygen atoms in total. The standard InChI is InChI=1S/C13H13F2NO2/c1-13(2,3)18-12(17)11-6-8-9(15)4-7(14)5-10(8)16-11/h4-6,16H,1-3H3. The van der Waals surface area contributed by atoms with Crippen molar-refractivity contribution in [3.63, 3.8) is 0 Å².